The molecule has 226 valence electrons. The van der Waals surface area contributed by atoms with Crippen LogP contribution in [0.5, 0.6) is 0 Å². The van der Waals surface area contributed by atoms with Gasteiger partial charge in [-0.05, 0) is 83.2 Å². The highest BCUT2D eigenvalue weighted by Crippen LogP contribution is 2.40. The topological polar surface area (TPSA) is 21.1 Å². The second-order valence-electron chi connectivity index (χ2n) is 12.1. The highest BCUT2D eigenvalue weighted by atomic mass is 15.1. The molecule has 2 aromatic heterocycles. The number of rotatable bonds is 6. The molecule has 0 bridgehead atoms. The summed E-state index contributed by atoms with van der Waals surface area (Å²) >= 11 is 0. The predicted molar refractivity (Wildman–Crippen MR) is 202 cm³/mol. The van der Waals surface area contributed by atoms with E-state index in [2.05, 4.69) is 178 Å². The van der Waals surface area contributed by atoms with E-state index in [0.717, 1.165) is 34.0 Å². The summed E-state index contributed by atoms with van der Waals surface area (Å²) in [6.45, 7) is 0. The number of benzene rings is 7. The van der Waals surface area contributed by atoms with Gasteiger partial charge in [-0.3, -0.25) is 4.98 Å². The third kappa shape index (κ3) is 4.81. The number of pyridine rings is 1. The van der Waals surface area contributed by atoms with Crippen LogP contribution in [0.1, 0.15) is 0 Å². The van der Waals surface area contributed by atoms with E-state index in [1.165, 1.54) is 43.7 Å². The van der Waals surface area contributed by atoms with Crippen LogP contribution in [-0.4, -0.2) is 9.55 Å². The van der Waals surface area contributed by atoms with Gasteiger partial charge < -0.3 is 9.47 Å². The Balaban J connectivity index is 1.13. The van der Waals surface area contributed by atoms with Gasteiger partial charge in [0.2, 0.25) is 0 Å². The third-order valence-corrected chi connectivity index (χ3v) is 9.24. The van der Waals surface area contributed by atoms with Crippen LogP contribution in [0.4, 0.5) is 17.1 Å². The second kappa shape index (κ2) is 11.7. The highest BCUT2D eigenvalue weighted by Gasteiger charge is 2.17. The monoisotopic (exact) mass is 613 g/mol. The fourth-order valence-corrected chi connectivity index (χ4v) is 6.97. The van der Waals surface area contributed by atoms with Crippen molar-refractivity contribution in [3.63, 3.8) is 0 Å². The minimum absolute atomic E-state index is 0.966. The molecule has 0 aliphatic rings. The van der Waals surface area contributed by atoms with Crippen LogP contribution in [0.2, 0.25) is 0 Å². The van der Waals surface area contributed by atoms with Crippen LogP contribution in [0.25, 0.3) is 60.6 Å². The molecule has 0 radical (unpaired) electrons. The average molecular weight is 614 g/mol. The molecule has 9 rings (SSSR count). The van der Waals surface area contributed by atoms with Gasteiger partial charge in [-0.1, -0.05) is 115 Å². The van der Waals surface area contributed by atoms with Crippen LogP contribution in [0.3, 0.4) is 0 Å². The first-order chi connectivity index (χ1) is 23.8. The molecule has 0 saturated carbocycles. The Kier molecular flexibility index (Phi) is 6.80. The summed E-state index contributed by atoms with van der Waals surface area (Å²) in [5.41, 5.74) is 11.3. The van der Waals surface area contributed by atoms with Crippen molar-refractivity contribution in [2.24, 2.45) is 0 Å². The number of nitrogens with zero attached hydrogens (tertiary/aromatic N) is 3. The van der Waals surface area contributed by atoms with Crippen molar-refractivity contribution < 1.29 is 0 Å². The molecular weight excluding hydrogens is 583 g/mol. The van der Waals surface area contributed by atoms with Gasteiger partial charge in [0.05, 0.1) is 22.4 Å². The lowest BCUT2D eigenvalue weighted by molar-refractivity contribution is 1.18. The maximum Gasteiger partial charge on any atom is 0.0701 e. The van der Waals surface area contributed by atoms with Crippen molar-refractivity contribution in [3.05, 3.63) is 188 Å². The number of anilines is 3. The summed E-state index contributed by atoms with van der Waals surface area (Å²) in [6.07, 6.45) is 1.84. The SMILES string of the molecule is c1ccc(-c2ccc(N(c3ccc(-c4cccc(-n5c6ccccc6c6ccccc65)c4)cc3)c3cccc4ccccc34)cc2)nc1. The maximum atomic E-state index is 4.56. The lowest BCUT2D eigenvalue weighted by Crippen LogP contribution is -2.10. The van der Waals surface area contributed by atoms with Crippen LogP contribution < -0.4 is 4.90 Å². The maximum absolute atomic E-state index is 4.56. The zero-order valence-electron chi connectivity index (χ0n) is 26.2. The van der Waals surface area contributed by atoms with Crippen LogP contribution in [0, 0.1) is 0 Å². The minimum atomic E-state index is 0.966. The Morgan fingerprint density at radius 3 is 1.69 bits per heavy atom. The summed E-state index contributed by atoms with van der Waals surface area (Å²) in [6, 6.07) is 64.9. The zero-order chi connectivity index (χ0) is 31.9. The van der Waals surface area contributed by atoms with E-state index in [-0.39, 0.29) is 0 Å². The van der Waals surface area contributed by atoms with Gasteiger partial charge in [-0.2, -0.15) is 0 Å². The van der Waals surface area contributed by atoms with E-state index >= 15 is 0 Å². The fourth-order valence-electron chi connectivity index (χ4n) is 6.97. The largest absolute Gasteiger partial charge is 0.310 e. The summed E-state index contributed by atoms with van der Waals surface area (Å²) in [7, 11) is 0. The first kappa shape index (κ1) is 27.8. The molecule has 0 aliphatic carbocycles. The van der Waals surface area contributed by atoms with Crippen molar-refractivity contribution in [2.75, 3.05) is 4.90 Å². The Morgan fingerprint density at radius 2 is 1.00 bits per heavy atom. The predicted octanol–water partition coefficient (Wildman–Crippen LogP) is 12.1. The first-order valence-electron chi connectivity index (χ1n) is 16.3. The average Bonchev–Trinajstić information content (AvgIpc) is 3.50. The summed E-state index contributed by atoms with van der Waals surface area (Å²) in [4.78, 5) is 6.91. The molecule has 0 unspecified atom stereocenters. The third-order valence-electron chi connectivity index (χ3n) is 9.24. The summed E-state index contributed by atoms with van der Waals surface area (Å²) in [5.74, 6) is 0. The number of para-hydroxylation sites is 2. The van der Waals surface area contributed by atoms with Gasteiger partial charge in [0.1, 0.15) is 0 Å². The Hall–Kier alpha value is -6.45. The number of hydrogen-bond acceptors (Lipinski definition) is 2. The molecular formula is C45H31N3. The van der Waals surface area contributed by atoms with Crippen LogP contribution >= 0.6 is 0 Å². The normalized spacial score (nSPS) is 11.3. The van der Waals surface area contributed by atoms with E-state index in [1.54, 1.807) is 0 Å². The van der Waals surface area contributed by atoms with Crippen molar-refractivity contribution in [1.82, 2.24) is 9.55 Å². The van der Waals surface area contributed by atoms with Gasteiger partial charge in [-0.25, -0.2) is 0 Å². The van der Waals surface area contributed by atoms with Crippen molar-refractivity contribution in [3.8, 4) is 28.1 Å². The summed E-state index contributed by atoms with van der Waals surface area (Å²) in [5, 5.41) is 4.95. The van der Waals surface area contributed by atoms with E-state index < -0.39 is 0 Å². The molecule has 48 heavy (non-hydrogen) atoms. The molecule has 3 heteroatoms. The molecule has 0 N–H and O–H groups in total. The van der Waals surface area contributed by atoms with Gasteiger partial charge in [0.15, 0.2) is 0 Å². The lowest BCUT2D eigenvalue weighted by Gasteiger charge is -2.27. The van der Waals surface area contributed by atoms with Gasteiger partial charge in [-0.15, -0.1) is 0 Å². The molecule has 0 spiro atoms. The standard InChI is InChI=1S/C45H31N3/c1-2-15-39-33(11-1)12-10-21-43(39)47(37-28-24-34(25-29-37)42-18-7-8-30-46-42)36-26-22-32(23-27-36)35-13-9-14-38(31-35)48-44-19-5-3-16-40(44)41-17-4-6-20-45(41)48/h1-31H. The smallest absolute Gasteiger partial charge is 0.0701 e. The Morgan fingerprint density at radius 1 is 0.417 bits per heavy atom. The molecule has 0 amide bonds. The van der Waals surface area contributed by atoms with Crippen molar-refractivity contribution >= 4 is 49.6 Å². The van der Waals surface area contributed by atoms with Crippen LogP contribution in [-0.2, 0) is 0 Å². The number of fused-ring (bicyclic) bond motifs is 4. The van der Waals surface area contributed by atoms with E-state index in [0.29, 0.717) is 0 Å². The van der Waals surface area contributed by atoms with Crippen LogP contribution in [0.15, 0.2) is 188 Å². The van der Waals surface area contributed by atoms with Gasteiger partial charge in [0.25, 0.3) is 0 Å². The quantitative estimate of drug-likeness (QED) is 0.186. The minimum Gasteiger partial charge on any atom is -0.310 e. The molecule has 0 saturated heterocycles. The van der Waals surface area contributed by atoms with Crippen molar-refractivity contribution in [2.45, 2.75) is 0 Å². The molecule has 0 atom stereocenters. The summed E-state index contributed by atoms with van der Waals surface area (Å²) < 4.78 is 2.37. The Labute approximate surface area is 279 Å². The highest BCUT2D eigenvalue weighted by molar-refractivity contribution is 6.09. The van der Waals surface area contributed by atoms with Gasteiger partial charge in [0, 0.05) is 45.0 Å². The second-order valence-corrected chi connectivity index (χ2v) is 12.1. The fraction of sp³-hybridized carbons (Fsp3) is 0. The molecule has 0 fully saturated rings. The molecule has 9 aromatic rings. The molecule has 0 aliphatic heterocycles. The Bertz CT molecular complexity index is 2490. The van der Waals surface area contributed by atoms with E-state index in [4.69, 9.17) is 0 Å². The van der Waals surface area contributed by atoms with E-state index in [1.807, 2.05) is 24.4 Å². The lowest BCUT2D eigenvalue weighted by atomic mass is 10.0. The molecule has 3 nitrogen and oxygen atoms in total. The number of aromatic nitrogens is 2. The number of hydrogen-bond donors (Lipinski definition) is 0. The first-order valence-corrected chi connectivity index (χ1v) is 16.3. The molecule has 2 heterocycles. The molecule has 7 aromatic carbocycles. The van der Waals surface area contributed by atoms with Crippen molar-refractivity contribution in [1.29, 1.82) is 0 Å². The zero-order valence-corrected chi connectivity index (χ0v) is 26.2. The van der Waals surface area contributed by atoms with E-state index in [9.17, 15) is 0 Å². The van der Waals surface area contributed by atoms with Gasteiger partial charge >= 0.3 is 0 Å².